The molecule has 2 heterocycles. The average Bonchev–Trinajstić information content (AvgIpc) is 3.04. The summed E-state index contributed by atoms with van der Waals surface area (Å²) in [7, 11) is 0. The Balaban J connectivity index is 1.65. The highest BCUT2D eigenvalue weighted by Crippen LogP contribution is 2.27. The number of carbonyl (C=O) groups excluding carboxylic acids is 1. The van der Waals surface area contributed by atoms with Gasteiger partial charge in [-0.15, -0.1) is 0 Å². The monoisotopic (exact) mass is 306 g/mol. The van der Waals surface area contributed by atoms with Crippen LogP contribution in [-0.4, -0.2) is 26.8 Å². The SMILES string of the molecule is Cc1cc(NC(=O)CSc2nc(=O)[nH]c3c2CCC3)no1. The standard InChI is InChI=1S/C13H14N4O3S/c1-7-5-10(17-20-7)15-11(18)6-21-12-8-3-2-4-9(8)14-13(19)16-12/h5H,2-4,6H2,1H3,(H,14,16,19)(H,15,17,18). The Morgan fingerprint density at radius 2 is 2.38 bits per heavy atom. The molecule has 1 aliphatic carbocycles. The van der Waals surface area contributed by atoms with Crippen LogP contribution in [0.4, 0.5) is 5.82 Å². The number of anilines is 1. The van der Waals surface area contributed by atoms with Crippen molar-refractivity contribution in [2.75, 3.05) is 11.1 Å². The van der Waals surface area contributed by atoms with Crippen molar-refractivity contribution in [3.8, 4) is 0 Å². The minimum Gasteiger partial charge on any atom is -0.360 e. The zero-order chi connectivity index (χ0) is 14.8. The summed E-state index contributed by atoms with van der Waals surface area (Å²) in [5, 5.41) is 6.98. The van der Waals surface area contributed by atoms with E-state index in [4.69, 9.17) is 4.52 Å². The molecule has 2 aromatic heterocycles. The van der Waals surface area contributed by atoms with E-state index in [1.54, 1.807) is 13.0 Å². The van der Waals surface area contributed by atoms with E-state index in [2.05, 4.69) is 20.4 Å². The van der Waals surface area contributed by atoms with Gasteiger partial charge in [0, 0.05) is 17.3 Å². The van der Waals surface area contributed by atoms with Crippen LogP contribution in [0.2, 0.25) is 0 Å². The molecule has 0 atom stereocenters. The molecule has 0 bridgehead atoms. The summed E-state index contributed by atoms with van der Waals surface area (Å²) in [5.41, 5.74) is 1.65. The van der Waals surface area contributed by atoms with Crippen LogP contribution in [0.25, 0.3) is 0 Å². The third kappa shape index (κ3) is 3.15. The smallest absolute Gasteiger partial charge is 0.346 e. The minimum atomic E-state index is -0.356. The van der Waals surface area contributed by atoms with E-state index in [9.17, 15) is 9.59 Å². The van der Waals surface area contributed by atoms with Gasteiger partial charge in [-0.1, -0.05) is 16.9 Å². The Hall–Kier alpha value is -2.09. The predicted octanol–water partition coefficient (Wildman–Crippen LogP) is 1.29. The lowest BCUT2D eigenvalue weighted by atomic mass is 10.3. The fourth-order valence-electron chi connectivity index (χ4n) is 2.29. The molecule has 0 fully saturated rings. The van der Waals surface area contributed by atoms with Gasteiger partial charge in [0.05, 0.1) is 5.75 Å². The molecule has 8 heteroatoms. The van der Waals surface area contributed by atoms with Crippen LogP contribution < -0.4 is 11.0 Å². The number of fused-ring (bicyclic) bond motifs is 1. The number of aromatic nitrogens is 3. The second-order valence-electron chi connectivity index (χ2n) is 4.82. The van der Waals surface area contributed by atoms with Crippen molar-refractivity contribution in [1.82, 2.24) is 15.1 Å². The lowest BCUT2D eigenvalue weighted by Crippen LogP contribution is -2.17. The van der Waals surface area contributed by atoms with E-state index >= 15 is 0 Å². The van der Waals surface area contributed by atoms with Crippen molar-refractivity contribution in [1.29, 1.82) is 0 Å². The van der Waals surface area contributed by atoms with E-state index in [-0.39, 0.29) is 17.3 Å². The molecule has 21 heavy (non-hydrogen) atoms. The van der Waals surface area contributed by atoms with Crippen LogP contribution in [-0.2, 0) is 17.6 Å². The summed E-state index contributed by atoms with van der Waals surface area (Å²) >= 11 is 1.27. The zero-order valence-corrected chi connectivity index (χ0v) is 12.2. The third-order valence-corrected chi connectivity index (χ3v) is 4.19. The summed E-state index contributed by atoms with van der Waals surface area (Å²) < 4.78 is 4.88. The van der Waals surface area contributed by atoms with Gasteiger partial charge in [-0.3, -0.25) is 4.79 Å². The number of hydrogen-bond donors (Lipinski definition) is 2. The van der Waals surface area contributed by atoms with Gasteiger partial charge in [0.15, 0.2) is 5.82 Å². The largest absolute Gasteiger partial charge is 0.360 e. The number of nitrogens with one attached hydrogen (secondary N) is 2. The van der Waals surface area contributed by atoms with Gasteiger partial charge >= 0.3 is 5.69 Å². The number of nitrogens with zero attached hydrogens (tertiary/aromatic N) is 2. The van der Waals surface area contributed by atoms with E-state index in [0.717, 1.165) is 30.5 Å². The molecule has 0 saturated carbocycles. The van der Waals surface area contributed by atoms with Crippen molar-refractivity contribution in [3.63, 3.8) is 0 Å². The normalized spacial score (nSPS) is 13.2. The Bertz CT molecular complexity index is 737. The first-order chi connectivity index (χ1) is 10.1. The first kappa shape index (κ1) is 13.9. The Morgan fingerprint density at radius 1 is 1.52 bits per heavy atom. The van der Waals surface area contributed by atoms with Gasteiger partial charge in [0.1, 0.15) is 10.8 Å². The van der Waals surface area contributed by atoms with E-state index in [1.807, 2.05) is 0 Å². The maximum atomic E-state index is 11.9. The van der Waals surface area contributed by atoms with Gasteiger partial charge < -0.3 is 14.8 Å². The molecule has 0 spiro atoms. The van der Waals surface area contributed by atoms with Crippen molar-refractivity contribution in [3.05, 3.63) is 33.6 Å². The molecule has 0 aliphatic heterocycles. The number of carbonyl (C=O) groups is 1. The van der Waals surface area contributed by atoms with Gasteiger partial charge in [-0.05, 0) is 26.2 Å². The first-order valence-corrected chi connectivity index (χ1v) is 7.58. The highest BCUT2D eigenvalue weighted by molar-refractivity contribution is 8.00. The van der Waals surface area contributed by atoms with Crippen molar-refractivity contribution >= 4 is 23.5 Å². The van der Waals surface area contributed by atoms with Crippen LogP contribution in [0.15, 0.2) is 20.4 Å². The predicted molar refractivity (Wildman–Crippen MR) is 77.5 cm³/mol. The molecule has 1 amide bonds. The van der Waals surface area contributed by atoms with Crippen LogP contribution in [0.1, 0.15) is 23.4 Å². The number of hydrogen-bond acceptors (Lipinski definition) is 6. The van der Waals surface area contributed by atoms with Crippen LogP contribution in [0, 0.1) is 6.92 Å². The number of aromatic amines is 1. The molecule has 110 valence electrons. The molecular formula is C13H14N4O3S. The first-order valence-electron chi connectivity index (χ1n) is 6.60. The van der Waals surface area contributed by atoms with E-state index < -0.39 is 0 Å². The second kappa shape index (κ2) is 5.72. The Kier molecular flexibility index (Phi) is 3.78. The van der Waals surface area contributed by atoms with Crippen LogP contribution >= 0.6 is 11.8 Å². The molecule has 0 saturated heterocycles. The topological polar surface area (TPSA) is 101 Å². The number of aryl methyl sites for hydroxylation is 2. The maximum Gasteiger partial charge on any atom is 0.346 e. The lowest BCUT2D eigenvalue weighted by molar-refractivity contribution is -0.113. The van der Waals surface area contributed by atoms with Crippen molar-refractivity contribution in [2.24, 2.45) is 0 Å². The highest BCUT2D eigenvalue weighted by Gasteiger charge is 2.18. The highest BCUT2D eigenvalue weighted by atomic mass is 32.2. The number of thioether (sulfide) groups is 1. The Morgan fingerprint density at radius 3 is 3.14 bits per heavy atom. The van der Waals surface area contributed by atoms with Gasteiger partial charge in [-0.25, -0.2) is 4.79 Å². The lowest BCUT2D eigenvalue weighted by Gasteiger charge is -2.06. The van der Waals surface area contributed by atoms with Crippen molar-refractivity contribution < 1.29 is 9.32 Å². The number of amides is 1. The fourth-order valence-corrected chi connectivity index (χ4v) is 3.18. The number of rotatable bonds is 4. The summed E-state index contributed by atoms with van der Waals surface area (Å²) in [6.07, 6.45) is 2.77. The summed E-state index contributed by atoms with van der Waals surface area (Å²) in [6.45, 7) is 1.75. The van der Waals surface area contributed by atoms with Gasteiger partial charge in [0.2, 0.25) is 5.91 Å². The van der Waals surface area contributed by atoms with Crippen molar-refractivity contribution in [2.45, 2.75) is 31.2 Å². The Labute approximate surface area is 124 Å². The van der Waals surface area contributed by atoms with Gasteiger partial charge in [-0.2, -0.15) is 4.98 Å². The molecule has 1 aliphatic rings. The molecule has 2 aromatic rings. The molecular weight excluding hydrogens is 292 g/mol. The number of H-pyrrole nitrogens is 1. The molecule has 0 aromatic carbocycles. The third-order valence-electron chi connectivity index (χ3n) is 3.17. The molecule has 2 N–H and O–H groups in total. The fraction of sp³-hybridized carbons (Fsp3) is 0.385. The van der Waals surface area contributed by atoms with Crippen LogP contribution in [0.5, 0.6) is 0 Å². The molecule has 7 nitrogen and oxygen atoms in total. The summed E-state index contributed by atoms with van der Waals surface area (Å²) in [4.78, 5) is 30.1. The van der Waals surface area contributed by atoms with Crippen LogP contribution in [0.3, 0.4) is 0 Å². The molecule has 0 unspecified atom stereocenters. The summed E-state index contributed by atoms with van der Waals surface area (Å²) in [5.74, 6) is 0.991. The molecule has 3 rings (SSSR count). The van der Waals surface area contributed by atoms with Gasteiger partial charge in [0.25, 0.3) is 0 Å². The quantitative estimate of drug-likeness (QED) is 0.652. The maximum absolute atomic E-state index is 11.9. The zero-order valence-electron chi connectivity index (χ0n) is 11.4. The average molecular weight is 306 g/mol. The van der Waals surface area contributed by atoms with E-state index in [1.165, 1.54) is 11.8 Å². The summed E-state index contributed by atoms with van der Waals surface area (Å²) in [6, 6.07) is 1.64. The second-order valence-corrected chi connectivity index (χ2v) is 5.78. The minimum absolute atomic E-state index is 0.175. The van der Waals surface area contributed by atoms with E-state index in [0.29, 0.717) is 16.6 Å². The molecule has 0 radical (unpaired) electrons.